The first-order valence-electron chi connectivity index (χ1n) is 7.82. The molecule has 0 aliphatic heterocycles. The maximum absolute atomic E-state index is 12.9. The van der Waals surface area contributed by atoms with Crippen molar-refractivity contribution >= 4 is 11.6 Å². The van der Waals surface area contributed by atoms with Gasteiger partial charge in [0.2, 0.25) is 0 Å². The molecule has 0 saturated heterocycles. The molecule has 1 atom stereocenters. The molecule has 0 saturated carbocycles. The third-order valence-corrected chi connectivity index (χ3v) is 3.60. The first-order chi connectivity index (χ1) is 11.0. The van der Waals surface area contributed by atoms with Crippen molar-refractivity contribution in [1.82, 2.24) is 0 Å². The molecule has 0 fully saturated rings. The van der Waals surface area contributed by atoms with Gasteiger partial charge in [0.25, 0.3) is 5.91 Å². The molecule has 0 aliphatic rings. The number of carbonyl (C=O) groups is 1. The van der Waals surface area contributed by atoms with E-state index in [2.05, 4.69) is 19.2 Å². The van der Waals surface area contributed by atoms with Crippen LogP contribution in [0.1, 0.15) is 38.7 Å². The smallest absolute Gasteiger partial charge is 0.265 e. The Bertz CT molecular complexity index is 635. The topological polar surface area (TPSA) is 38.3 Å². The van der Waals surface area contributed by atoms with Gasteiger partial charge < -0.3 is 10.1 Å². The molecule has 23 heavy (non-hydrogen) atoms. The fourth-order valence-corrected chi connectivity index (χ4v) is 2.17. The molecule has 0 aromatic heterocycles. The number of ether oxygens (including phenoxy) is 1. The lowest BCUT2D eigenvalue weighted by molar-refractivity contribution is -0.122. The lowest BCUT2D eigenvalue weighted by atomic mass is 10.0. The van der Waals surface area contributed by atoms with Gasteiger partial charge in [0.15, 0.2) is 6.10 Å². The average Bonchev–Trinajstić information content (AvgIpc) is 2.54. The third-order valence-electron chi connectivity index (χ3n) is 3.60. The molecular weight excluding hydrogens is 293 g/mol. The summed E-state index contributed by atoms with van der Waals surface area (Å²) in [6, 6.07) is 13.4. The number of hydrogen-bond acceptors (Lipinski definition) is 2. The Labute approximate surface area is 136 Å². The minimum absolute atomic E-state index is 0.214. The summed E-state index contributed by atoms with van der Waals surface area (Å²) in [7, 11) is 0. The van der Waals surface area contributed by atoms with E-state index in [4.69, 9.17) is 4.74 Å². The van der Waals surface area contributed by atoms with Gasteiger partial charge in [-0.3, -0.25) is 4.79 Å². The van der Waals surface area contributed by atoms with Gasteiger partial charge in [0.05, 0.1) is 0 Å². The van der Waals surface area contributed by atoms with Crippen LogP contribution in [0.4, 0.5) is 10.1 Å². The van der Waals surface area contributed by atoms with Gasteiger partial charge in [-0.05, 0) is 54.3 Å². The summed E-state index contributed by atoms with van der Waals surface area (Å²) in [6.07, 6.45) is -0.0990. The number of nitrogens with one attached hydrogen (secondary N) is 1. The molecule has 2 aromatic carbocycles. The van der Waals surface area contributed by atoms with Crippen LogP contribution < -0.4 is 10.1 Å². The van der Waals surface area contributed by atoms with Crippen LogP contribution in [0, 0.1) is 5.82 Å². The first kappa shape index (κ1) is 17.0. The van der Waals surface area contributed by atoms with Crippen LogP contribution >= 0.6 is 0 Å². The summed E-state index contributed by atoms with van der Waals surface area (Å²) in [5.74, 6) is 0.378. The summed E-state index contributed by atoms with van der Waals surface area (Å²) >= 11 is 0. The predicted octanol–water partition coefficient (Wildman–Crippen LogP) is 4.75. The Kier molecular flexibility index (Phi) is 5.74. The number of hydrogen-bond donors (Lipinski definition) is 1. The lowest BCUT2D eigenvalue weighted by Gasteiger charge is -2.17. The van der Waals surface area contributed by atoms with Crippen molar-refractivity contribution < 1.29 is 13.9 Å². The van der Waals surface area contributed by atoms with E-state index in [0.29, 0.717) is 18.1 Å². The van der Waals surface area contributed by atoms with Gasteiger partial charge in [-0.25, -0.2) is 4.39 Å². The Balaban J connectivity index is 2.00. The highest BCUT2D eigenvalue weighted by molar-refractivity contribution is 5.94. The molecule has 2 aromatic rings. The van der Waals surface area contributed by atoms with Gasteiger partial charge in [-0.15, -0.1) is 0 Å². The molecule has 0 aliphatic carbocycles. The van der Waals surface area contributed by atoms with Gasteiger partial charge in [0.1, 0.15) is 11.6 Å². The zero-order valence-corrected chi connectivity index (χ0v) is 13.7. The quantitative estimate of drug-likeness (QED) is 0.835. The summed E-state index contributed by atoms with van der Waals surface area (Å²) in [4.78, 5) is 12.3. The van der Waals surface area contributed by atoms with Crippen molar-refractivity contribution in [1.29, 1.82) is 0 Å². The van der Waals surface area contributed by atoms with Crippen molar-refractivity contribution in [3.63, 3.8) is 0 Å². The van der Waals surface area contributed by atoms with Gasteiger partial charge in [-0.2, -0.15) is 0 Å². The summed E-state index contributed by atoms with van der Waals surface area (Å²) in [5.41, 5.74) is 1.96. The van der Waals surface area contributed by atoms with Crippen molar-refractivity contribution in [3.8, 4) is 5.75 Å². The second kappa shape index (κ2) is 7.77. The molecule has 122 valence electrons. The summed E-state index contributed by atoms with van der Waals surface area (Å²) in [6.45, 7) is 6.12. The molecule has 4 heteroatoms. The minimum atomic E-state index is -0.620. The molecule has 3 nitrogen and oxygen atoms in total. The molecule has 0 radical (unpaired) electrons. The molecule has 0 unspecified atom stereocenters. The van der Waals surface area contributed by atoms with E-state index in [1.165, 1.54) is 29.8 Å². The molecular formula is C19H22FNO2. The van der Waals surface area contributed by atoms with Crippen molar-refractivity contribution in [2.24, 2.45) is 0 Å². The second-order valence-electron chi connectivity index (χ2n) is 5.73. The lowest BCUT2D eigenvalue weighted by Crippen LogP contribution is -2.32. The zero-order valence-electron chi connectivity index (χ0n) is 13.7. The molecule has 2 rings (SSSR count). The van der Waals surface area contributed by atoms with E-state index in [1.807, 2.05) is 31.2 Å². The highest BCUT2D eigenvalue weighted by atomic mass is 19.1. The van der Waals surface area contributed by atoms with Crippen LogP contribution in [-0.2, 0) is 4.79 Å². The number of benzene rings is 2. The SMILES string of the molecule is CC[C@@H](Oc1ccc(F)cc1)C(=O)Nc1ccc(C(C)C)cc1. The van der Waals surface area contributed by atoms with Gasteiger partial charge >= 0.3 is 0 Å². The van der Waals surface area contributed by atoms with Gasteiger partial charge in [0, 0.05) is 5.69 Å². The highest BCUT2D eigenvalue weighted by Crippen LogP contribution is 2.19. The fraction of sp³-hybridized carbons (Fsp3) is 0.316. The monoisotopic (exact) mass is 315 g/mol. The van der Waals surface area contributed by atoms with Crippen molar-refractivity contribution in [2.75, 3.05) is 5.32 Å². The molecule has 0 spiro atoms. The van der Waals surface area contributed by atoms with E-state index >= 15 is 0 Å². The van der Waals surface area contributed by atoms with Crippen LogP contribution in [0.15, 0.2) is 48.5 Å². The molecule has 1 N–H and O–H groups in total. The largest absolute Gasteiger partial charge is 0.481 e. The Morgan fingerprint density at radius 3 is 2.22 bits per heavy atom. The Hall–Kier alpha value is -2.36. The fourth-order valence-electron chi connectivity index (χ4n) is 2.17. The predicted molar refractivity (Wildman–Crippen MR) is 90.3 cm³/mol. The Morgan fingerprint density at radius 1 is 1.09 bits per heavy atom. The van der Waals surface area contributed by atoms with Crippen LogP contribution in [0.25, 0.3) is 0 Å². The number of halogens is 1. The van der Waals surface area contributed by atoms with Crippen LogP contribution in [-0.4, -0.2) is 12.0 Å². The number of carbonyl (C=O) groups excluding carboxylic acids is 1. The van der Waals surface area contributed by atoms with E-state index in [9.17, 15) is 9.18 Å². The first-order valence-corrected chi connectivity index (χ1v) is 7.82. The second-order valence-corrected chi connectivity index (χ2v) is 5.73. The number of anilines is 1. The van der Waals surface area contributed by atoms with Crippen molar-refractivity contribution in [2.45, 2.75) is 39.2 Å². The minimum Gasteiger partial charge on any atom is -0.481 e. The zero-order chi connectivity index (χ0) is 16.8. The maximum atomic E-state index is 12.9. The molecule has 1 amide bonds. The van der Waals surface area contributed by atoms with E-state index < -0.39 is 6.10 Å². The maximum Gasteiger partial charge on any atom is 0.265 e. The molecule has 0 heterocycles. The summed E-state index contributed by atoms with van der Waals surface area (Å²) < 4.78 is 18.5. The van der Waals surface area contributed by atoms with E-state index in [1.54, 1.807) is 0 Å². The third kappa shape index (κ3) is 4.81. The molecule has 0 bridgehead atoms. The highest BCUT2D eigenvalue weighted by Gasteiger charge is 2.18. The average molecular weight is 315 g/mol. The van der Waals surface area contributed by atoms with Crippen molar-refractivity contribution in [3.05, 3.63) is 59.9 Å². The number of amides is 1. The van der Waals surface area contributed by atoms with E-state index in [0.717, 1.165) is 5.69 Å². The Morgan fingerprint density at radius 2 is 1.70 bits per heavy atom. The standard InChI is InChI=1S/C19H22FNO2/c1-4-18(23-17-11-7-15(20)8-12-17)19(22)21-16-9-5-14(6-10-16)13(2)3/h5-13,18H,4H2,1-3H3,(H,21,22)/t18-/m1/s1. The normalized spacial score (nSPS) is 12.0. The van der Waals surface area contributed by atoms with Crippen LogP contribution in [0.3, 0.4) is 0 Å². The van der Waals surface area contributed by atoms with Crippen LogP contribution in [0.2, 0.25) is 0 Å². The number of rotatable bonds is 6. The van der Waals surface area contributed by atoms with Gasteiger partial charge in [-0.1, -0.05) is 32.9 Å². The van der Waals surface area contributed by atoms with E-state index in [-0.39, 0.29) is 11.7 Å². The van der Waals surface area contributed by atoms with Crippen LogP contribution in [0.5, 0.6) is 5.75 Å². The summed E-state index contributed by atoms with van der Waals surface area (Å²) in [5, 5.41) is 2.85.